The van der Waals surface area contributed by atoms with Crippen molar-refractivity contribution < 1.29 is 19.5 Å². The molecule has 0 bridgehead atoms. The highest BCUT2D eigenvalue weighted by molar-refractivity contribution is 5.94. The van der Waals surface area contributed by atoms with Gasteiger partial charge in [0.05, 0.1) is 0 Å². The van der Waals surface area contributed by atoms with Crippen molar-refractivity contribution in [3.63, 3.8) is 0 Å². The number of hydrogen-bond donors (Lipinski definition) is 2. The number of hydrogen-bond acceptors (Lipinski definition) is 3. The second-order valence-corrected chi connectivity index (χ2v) is 6.59. The maximum absolute atomic E-state index is 12.4. The van der Waals surface area contributed by atoms with E-state index in [9.17, 15) is 19.5 Å². The molecule has 0 spiro atoms. The first-order chi connectivity index (χ1) is 11.6. The van der Waals surface area contributed by atoms with Gasteiger partial charge in [0, 0.05) is 24.6 Å². The second kappa shape index (κ2) is 7.03. The summed E-state index contributed by atoms with van der Waals surface area (Å²) in [5, 5.41) is 11.9. The predicted molar refractivity (Wildman–Crippen MR) is 87.4 cm³/mol. The van der Waals surface area contributed by atoms with Crippen LogP contribution >= 0.6 is 0 Å². The Morgan fingerprint density at radius 2 is 1.67 bits per heavy atom. The summed E-state index contributed by atoms with van der Waals surface area (Å²) in [6, 6.07) is 8.34. The fraction of sp³-hybridized carbons (Fsp3) is 0.500. The monoisotopic (exact) mass is 330 g/mol. The van der Waals surface area contributed by atoms with E-state index in [0.29, 0.717) is 31.5 Å². The van der Waals surface area contributed by atoms with Crippen LogP contribution in [0.15, 0.2) is 30.3 Å². The molecule has 2 N–H and O–H groups in total. The molecule has 1 aliphatic carbocycles. The first-order valence-corrected chi connectivity index (χ1v) is 8.44. The Hall–Kier alpha value is -2.37. The summed E-state index contributed by atoms with van der Waals surface area (Å²) in [5.41, 5.74) is 0.653. The normalized spacial score (nSPS) is 19.6. The largest absolute Gasteiger partial charge is 0.480 e. The number of likely N-dealkylation sites (tertiary alicyclic amines) is 1. The number of aliphatic carboxylic acids is 1. The van der Waals surface area contributed by atoms with Gasteiger partial charge in [-0.3, -0.25) is 9.59 Å². The molecule has 2 amide bonds. The highest BCUT2D eigenvalue weighted by Gasteiger charge is 2.38. The molecule has 24 heavy (non-hydrogen) atoms. The van der Waals surface area contributed by atoms with E-state index >= 15 is 0 Å². The molecule has 1 aromatic carbocycles. The minimum absolute atomic E-state index is 0.0177. The van der Waals surface area contributed by atoms with Crippen molar-refractivity contribution in [3.8, 4) is 0 Å². The maximum atomic E-state index is 12.4. The lowest BCUT2D eigenvalue weighted by Gasteiger charge is -2.32. The number of benzene rings is 1. The van der Waals surface area contributed by atoms with E-state index in [4.69, 9.17) is 0 Å². The number of nitrogens with one attached hydrogen (secondary N) is 1. The van der Waals surface area contributed by atoms with Crippen molar-refractivity contribution in [3.05, 3.63) is 35.9 Å². The molecular formula is C18H22N2O4. The third kappa shape index (κ3) is 3.75. The van der Waals surface area contributed by atoms with Gasteiger partial charge in [-0.25, -0.2) is 4.79 Å². The molecule has 1 saturated carbocycles. The van der Waals surface area contributed by atoms with Gasteiger partial charge in [-0.15, -0.1) is 0 Å². The van der Waals surface area contributed by atoms with Crippen LogP contribution in [0.1, 0.15) is 36.0 Å². The molecule has 128 valence electrons. The number of amides is 2. The number of carboxylic acids is 1. The fourth-order valence-electron chi connectivity index (χ4n) is 3.19. The standard InChI is InChI=1S/C18H22N2O4/c21-16(19-15(18(23)24)12-6-7-12)13-8-10-20(11-9-13)17(22)14-4-2-1-3-5-14/h1-5,12-13,15H,6-11H2,(H,19,21)(H,23,24). The molecule has 1 unspecified atom stereocenters. The molecule has 1 aromatic rings. The quantitative estimate of drug-likeness (QED) is 0.857. The van der Waals surface area contributed by atoms with Crippen LogP contribution in [0.4, 0.5) is 0 Å². The summed E-state index contributed by atoms with van der Waals surface area (Å²) in [4.78, 5) is 37.7. The molecule has 1 atom stereocenters. The topological polar surface area (TPSA) is 86.7 Å². The Balaban J connectivity index is 1.52. The van der Waals surface area contributed by atoms with Crippen LogP contribution in [0.2, 0.25) is 0 Å². The zero-order valence-electron chi connectivity index (χ0n) is 13.5. The third-order valence-electron chi connectivity index (χ3n) is 4.83. The van der Waals surface area contributed by atoms with E-state index in [0.717, 1.165) is 12.8 Å². The molecule has 1 aliphatic heterocycles. The zero-order chi connectivity index (χ0) is 17.1. The third-order valence-corrected chi connectivity index (χ3v) is 4.83. The summed E-state index contributed by atoms with van der Waals surface area (Å²) in [6.07, 6.45) is 2.87. The average molecular weight is 330 g/mol. The number of carbonyl (C=O) groups is 3. The molecule has 6 heteroatoms. The Morgan fingerprint density at radius 1 is 1.04 bits per heavy atom. The van der Waals surface area contributed by atoms with Crippen molar-refractivity contribution in [2.24, 2.45) is 11.8 Å². The SMILES string of the molecule is O=C(NC(C(=O)O)C1CC1)C1CCN(C(=O)c2ccccc2)CC1. The second-order valence-electron chi connectivity index (χ2n) is 6.59. The van der Waals surface area contributed by atoms with Crippen LogP contribution in [-0.2, 0) is 9.59 Å². The van der Waals surface area contributed by atoms with Gasteiger partial charge in [0.2, 0.25) is 5.91 Å². The predicted octanol–water partition coefficient (Wildman–Crippen LogP) is 1.52. The van der Waals surface area contributed by atoms with E-state index in [2.05, 4.69) is 5.32 Å². The lowest BCUT2D eigenvalue weighted by atomic mass is 9.94. The fourth-order valence-corrected chi connectivity index (χ4v) is 3.19. The van der Waals surface area contributed by atoms with E-state index in [-0.39, 0.29) is 23.7 Å². The van der Waals surface area contributed by atoms with Crippen molar-refractivity contribution in [1.29, 1.82) is 0 Å². The van der Waals surface area contributed by atoms with E-state index in [1.54, 1.807) is 17.0 Å². The molecule has 0 aromatic heterocycles. The van der Waals surface area contributed by atoms with E-state index in [1.807, 2.05) is 18.2 Å². The van der Waals surface area contributed by atoms with Gasteiger partial charge in [0.15, 0.2) is 0 Å². The van der Waals surface area contributed by atoms with E-state index in [1.165, 1.54) is 0 Å². The van der Waals surface area contributed by atoms with Gasteiger partial charge >= 0.3 is 5.97 Å². The van der Waals surface area contributed by atoms with Gasteiger partial charge in [-0.1, -0.05) is 18.2 Å². The number of nitrogens with zero attached hydrogens (tertiary/aromatic N) is 1. The lowest BCUT2D eigenvalue weighted by Crippen LogP contribution is -2.48. The zero-order valence-corrected chi connectivity index (χ0v) is 13.5. The first-order valence-electron chi connectivity index (χ1n) is 8.44. The van der Waals surface area contributed by atoms with Gasteiger partial charge in [0.25, 0.3) is 5.91 Å². The summed E-state index contributed by atoms with van der Waals surface area (Å²) >= 11 is 0. The molecule has 0 radical (unpaired) electrons. The molecular weight excluding hydrogens is 308 g/mol. The van der Waals surface area contributed by atoms with Gasteiger partial charge < -0.3 is 15.3 Å². The molecule has 1 heterocycles. The smallest absolute Gasteiger partial charge is 0.326 e. The van der Waals surface area contributed by atoms with Crippen LogP contribution in [0, 0.1) is 11.8 Å². The van der Waals surface area contributed by atoms with Crippen LogP contribution in [0.25, 0.3) is 0 Å². The highest BCUT2D eigenvalue weighted by atomic mass is 16.4. The number of piperidine rings is 1. The molecule has 1 saturated heterocycles. The van der Waals surface area contributed by atoms with Crippen LogP contribution in [0.3, 0.4) is 0 Å². The van der Waals surface area contributed by atoms with Crippen molar-refractivity contribution in [2.45, 2.75) is 31.7 Å². The maximum Gasteiger partial charge on any atom is 0.326 e. The lowest BCUT2D eigenvalue weighted by molar-refractivity contribution is -0.143. The van der Waals surface area contributed by atoms with Crippen molar-refractivity contribution in [1.82, 2.24) is 10.2 Å². The summed E-state index contributed by atoms with van der Waals surface area (Å²) in [5.74, 6) is -1.31. The molecule has 3 rings (SSSR count). The average Bonchev–Trinajstić information content (AvgIpc) is 3.44. The Kier molecular flexibility index (Phi) is 4.83. The van der Waals surface area contributed by atoms with Crippen molar-refractivity contribution in [2.75, 3.05) is 13.1 Å². The number of rotatable bonds is 5. The molecule has 2 aliphatic rings. The minimum atomic E-state index is -0.956. The van der Waals surface area contributed by atoms with Gasteiger partial charge in [0.1, 0.15) is 6.04 Å². The summed E-state index contributed by atoms with van der Waals surface area (Å²) < 4.78 is 0. The Bertz CT molecular complexity index is 619. The Morgan fingerprint density at radius 3 is 2.21 bits per heavy atom. The summed E-state index contributed by atoms with van der Waals surface area (Å²) in [7, 11) is 0. The number of carbonyl (C=O) groups excluding carboxylic acids is 2. The minimum Gasteiger partial charge on any atom is -0.480 e. The van der Waals surface area contributed by atoms with Gasteiger partial charge in [-0.05, 0) is 43.7 Å². The van der Waals surface area contributed by atoms with Crippen LogP contribution in [0.5, 0.6) is 0 Å². The Labute approximate surface area is 140 Å². The summed E-state index contributed by atoms with van der Waals surface area (Å²) in [6.45, 7) is 1.04. The highest BCUT2D eigenvalue weighted by Crippen LogP contribution is 2.33. The van der Waals surface area contributed by atoms with Crippen LogP contribution < -0.4 is 5.32 Å². The molecule has 6 nitrogen and oxygen atoms in total. The van der Waals surface area contributed by atoms with Crippen LogP contribution in [-0.4, -0.2) is 46.9 Å². The molecule has 2 fully saturated rings. The number of carboxylic acid groups (broad SMARTS) is 1. The van der Waals surface area contributed by atoms with E-state index < -0.39 is 12.0 Å². The van der Waals surface area contributed by atoms with Gasteiger partial charge in [-0.2, -0.15) is 0 Å². The van der Waals surface area contributed by atoms with Crippen molar-refractivity contribution >= 4 is 17.8 Å². The first kappa shape index (κ1) is 16.5.